The van der Waals surface area contributed by atoms with Crippen LogP contribution in [0.15, 0.2) is 18.2 Å². The van der Waals surface area contributed by atoms with Crippen molar-refractivity contribution in [2.45, 2.75) is 26.7 Å². The lowest BCUT2D eigenvalue weighted by atomic mass is 10.1. The van der Waals surface area contributed by atoms with Gasteiger partial charge in [-0.2, -0.15) is 0 Å². The fraction of sp³-hybridized carbons (Fsp3) is 0.308. The van der Waals surface area contributed by atoms with Gasteiger partial charge in [0.05, 0.1) is 4.92 Å². The summed E-state index contributed by atoms with van der Waals surface area (Å²) in [5, 5.41) is 22.5. The highest BCUT2D eigenvalue weighted by molar-refractivity contribution is 7.15. The number of nitro groups is 1. The lowest BCUT2D eigenvalue weighted by molar-refractivity contribution is -0.385. The molecular formula is C13H14N4O3S. The zero-order chi connectivity index (χ0) is 15.6. The Morgan fingerprint density at radius 1 is 1.38 bits per heavy atom. The average Bonchev–Trinajstić information content (AvgIpc) is 2.87. The zero-order valence-corrected chi connectivity index (χ0v) is 12.6. The van der Waals surface area contributed by atoms with E-state index in [0.29, 0.717) is 10.7 Å². The Kier molecular flexibility index (Phi) is 4.27. The highest BCUT2D eigenvalue weighted by Crippen LogP contribution is 2.24. The van der Waals surface area contributed by atoms with Gasteiger partial charge in [0.15, 0.2) is 0 Å². The van der Waals surface area contributed by atoms with Gasteiger partial charge in [-0.05, 0) is 13.0 Å². The van der Waals surface area contributed by atoms with E-state index in [1.54, 1.807) is 19.1 Å². The summed E-state index contributed by atoms with van der Waals surface area (Å²) in [5.41, 5.74) is 0.644. The molecule has 0 aliphatic rings. The van der Waals surface area contributed by atoms with E-state index in [2.05, 4.69) is 15.5 Å². The maximum absolute atomic E-state index is 12.1. The van der Waals surface area contributed by atoms with E-state index in [1.807, 2.05) is 13.8 Å². The smallest absolute Gasteiger partial charge is 0.273 e. The Morgan fingerprint density at radius 2 is 2.10 bits per heavy atom. The summed E-state index contributed by atoms with van der Waals surface area (Å²) in [6.45, 7) is 5.59. The van der Waals surface area contributed by atoms with Crippen molar-refractivity contribution in [1.29, 1.82) is 0 Å². The van der Waals surface area contributed by atoms with Crippen LogP contribution < -0.4 is 5.32 Å². The topological polar surface area (TPSA) is 98.0 Å². The number of benzene rings is 1. The molecule has 8 heteroatoms. The average molecular weight is 306 g/mol. The van der Waals surface area contributed by atoms with Gasteiger partial charge < -0.3 is 0 Å². The third kappa shape index (κ3) is 3.40. The van der Waals surface area contributed by atoms with Crippen LogP contribution in [0.4, 0.5) is 10.8 Å². The second-order valence-electron chi connectivity index (χ2n) is 4.81. The number of amides is 1. The Balaban J connectivity index is 2.20. The third-order valence-corrected chi connectivity index (χ3v) is 3.96. The lowest BCUT2D eigenvalue weighted by Gasteiger charge is -2.03. The zero-order valence-electron chi connectivity index (χ0n) is 11.8. The summed E-state index contributed by atoms with van der Waals surface area (Å²) in [5.74, 6) is -0.210. The van der Waals surface area contributed by atoms with Crippen LogP contribution in [0.25, 0.3) is 0 Å². The fourth-order valence-corrected chi connectivity index (χ4v) is 2.38. The first kappa shape index (κ1) is 15.0. The van der Waals surface area contributed by atoms with Crippen LogP contribution in [0, 0.1) is 17.0 Å². The molecule has 110 valence electrons. The SMILES string of the molecule is Cc1ccc(C(=O)Nc2nnc(C(C)C)s2)cc1[N+](=O)[O-]. The number of carbonyl (C=O) groups excluding carboxylic acids is 1. The summed E-state index contributed by atoms with van der Waals surface area (Å²) in [6.07, 6.45) is 0. The number of rotatable bonds is 4. The molecule has 7 nitrogen and oxygen atoms in total. The molecule has 2 aromatic rings. The minimum Gasteiger partial charge on any atom is -0.296 e. The highest BCUT2D eigenvalue weighted by Gasteiger charge is 2.16. The molecule has 2 rings (SSSR count). The number of anilines is 1. The standard InChI is InChI=1S/C13H14N4O3S/c1-7(2)12-15-16-13(21-12)14-11(18)9-5-4-8(3)10(6-9)17(19)20/h4-7H,1-3H3,(H,14,16,18). The van der Waals surface area contributed by atoms with Crippen LogP contribution in [0.5, 0.6) is 0 Å². The third-order valence-electron chi connectivity index (χ3n) is 2.82. The van der Waals surface area contributed by atoms with Crippen molar-refractivity contribution in [3.8, 4) is 0 Å². The summed E-state index contributed by atoms with van der Waals surface area (Å²) in [4.78, 5) is 22.5. The van der Waals surface area contributed by atoms with Crippen LogP contribution >= 0.6 is 11.3 Å². The Hall–Kier alpha value is -2.35. The van der Waals surface area contributed by atoms with E-state index < -0.39 is 10.8 Å². The minimum atomic E-state index is -0.506. The predicted molar refractivity (Wildman–Crippen MR) is 79.8 cm³/mol. The first-order valence-corrected chi connectivity index (χ1v) is 7.10. The number of hydrogen-bond donors (Lipinski definition) is 1. The van der Waals surface area contributed by atoms with E-state index in [9.17, 15) is 14.9 Å². The van der Waals surface area contributed by atoms with Crippen molar-refractivity contribution in [3.05, 3.63) is 44.4 Å². The Labute approximate surface area is 125 Å². The number of hydrogen-bond acceptors (Lipinski definition) is 6. The largest absolute Gasteiger partial charge is 0.296 e. The van der Waals surface area contributed by atoms with E-state index in [-0.39, 0.29) is 17.2 Å². The van der Waals surface area contributed by atoms with Gasteiger partial charge in [0, 0.05) is 23.1 Å². The van der Waals surface area contributed by atoms with Crippen LogP contribution in [0.1, 0.15) is 40.7 Å². The first-order valence-electron chi connectivity index (χ1n) is 6.28. The summed E-state index contributed by atoms with van der Waals surface area (Å²) < 4.78 is 0. The van der Waals surface area contributed by atoms with Crippen LogP contribution in [0.3, 0.4) is 0 Å². The summed E-state index contributed by atoms with van der Waals surface area (Å²) in [6, 6.07) is 4.35. The number of nitrogens with zero attached hydrogens (tertiary/aromatic N) is 3. The fourth-order valence-electron chi connectivity index (χ4n) is 1.64. The molecule has 1 heterocycles. The van der Waals surface area contributed by atoms with Crippen LogP contribution in [0.2, 0.25) is 0 Å². The van der Waals surface area contributed by atoms with Gasteiger partial charge >= 0.3 is 0 Å². The van der Waals surface area contributed by atoms with Gasteiger partial charge in [0.2, 0.25) is 5.13 Å². The molecule has 0 saturated carbocycles. The summed E-state index contributed by atoms with van der Waals surface area (Å²) in [7, 11) is 0. The maximum atomic E-state index is 12.1. The summed E-state index contributed by atoms with van der Waals surface area (Å²) >= 11 is 1.29. The number of aryl methyl sites for hydroxylation is 1. The van der Waals surface area contributed by atoms with Crippen molar-refractivity contribution in [2.75, 3.05) is 5.32 Å². The van der Waals surface area contributed by atoms with Gasteiger partial charge in [-0.3, -0.25) is 20.2 Å². The van der Waals surface area contributed by atoms with Gasteiger partial charge in [-0.15, -0.1) is 10.2 Å². The molecule has 0 aliphatic carbocycles. The number of carbonyl (C=O) groups is 1. The minimum absolute atomic E-state index is 0.0808. The van der Waals surface area contributed by atoms with Crippen molar-refractivity contribution >= 4 is 28.1 Å². The van der Waals surface area contributed by atoms with E-state index in [1.165, 1.54) is 17.4 Å². The molecule has 21 heavy (non-hydrogen) atoms. The van der Waals surface area contributed by atoms with Crippen molar-refractivity contribution in [3.63, 3.8) is 0 Å². The molecule has 0 saturated heterocycles. The molecule has 1 N–H and O–H groups in total. The molecular weight excluding hydrogens is 292 g/mol. The van der Waals surface area contributed by atoms with E-state index >= 15 is 0 Å². The normalized spacial score (nSPS) is 10.7. The Bertz CT molecular complexity index is 696. The molecule has 0 fully saturated rings. The predicted octanol–water partition coefficient (Wildman–Crippen LogP) is 3.13. The van der Waals surface area contributed by atoms with Gasteiger partial charge in [-0.1, -0.05) is 31.3 Å². The van der Waals surface area contributed by atoms with E-state index in [4.69, 9.17) is 0 Å². The first-order chi connectivity index (χ1) is 9.88. The van der Waals surface area contributed by atoms with Crippen LogP contribution in [-0.4, -0.2) is 21.0 Å². The van der Waals surface area contributed by atoms with Gasteiger partial charge in [0.25, 0.3) is 11.6 Å². The lowest BCUT2D eigenvalue weighted by Crippen LogP contribution is -2.12. The number of aromatic nitrogens is 2. The molecule has 0 aliphatic heterocycles. The quantitative estimate of drug-likeness (QED) is 0.691. The van der Waals surface area contributed by atoms with Crippen molar-refractivity contribution < 1.29 is 9.72 Å². The molecule has 0 spiro atoms. The van der Waals surface area contributed by atoms with Crippen molar-refractivity contribution in [1.82, 2.24) is 10.2 Å². The maximum Gasteiger partial charge on any atom is 0.273 e. The molecule has 0 radical (unpaired) electrons. The molecule has 1 aromatic carbocycles. The Morgan fingerprint density at radius 3 is 2.67 bits per heavy atom. The molecule has 0 bridgehead atoms. The van der Waals surface area contributed by atoms with E-state index in [0.717, 1.165) is 5.01 Å². The van der Waals surface area contributed by atoms with Crippen molar-refractivity contribution in [2.24, 2.45) is 0 Å². The molecule has 0 unspecified atom stereocenters. The molecule has 1 amide bonds. The van der Waals surface area contributed by atoms with Crippen LogP contribution in [-0.2, 0) is 0 Å². The highest BCUT2D eigenvalue weighted by atomic mass is 32.1. The second-order valence-corrected chi connectivity index (χ2v) is 5.82. The monoisotopic (exact) mass is 306 g/mol. The molecule has 1 aromatic heterocycles. The number of nitro benzene ring substituents is 1. The van der Waals surface area contributed by atoms with Gasteiger partial charge in [-0.25, -0.2) is 0 Å². The number of nitrogens with one attached hydrogen (secondary N) is 1. The van der Waals surface area contributed by atoms with Gasteiger partial charge in [0.1, 0.15) is 5.01 Å². The second kappa shape index (κ2) is 5.96. The molecule has 0 atom stereocenters.